The molecule has 8 nitrogen and oxygen atoms in total. The number of carbonyl (C=O) groups is 2. The molecule has 0 saturated heterocycles. The first kappa shape index (κ1) is 18.2. The van der Waals surface area contributed by atoms with Gasteiger partial charge >= 0.3 is 5.97 Å². The molecule has 0 aliphatic carbocycles. The van der Waals surface area contributed by atoms with Crippen LogP contribution in [0.4, 0.5) is 5.69 Å². The Labute approximate surface area is 156 Å². The van der Waals surface area contributed by atoms with Crippen molar-refractivity contribution in [1.82, 2.24) is 20.2 Å². The van der Waals surface area contributed by atoms with Crippen LogP contribution in [0.15, 0.2) is 54.9 Å². The highest BCUT2D eigenvalue weighted by Gasteiger charge is 2.25. The highest BCUT2D eigenvalue weighted by atomic mass is 16.5. The maximum Gasteiger partial charge on any atom is 0.329 e. The summed E-state index contributed by atoms with van der Waals surface area (Å²) < 4.78 is 6.68. The lowest BCUT2D eigenvalue weighted by atomic mass is 10.1. The lowest BCUT2D eigenvalue weighted by Gasteiger charge is -2.19. The number of hydrogen-bond acceptors (Lipinski definition) is 6. The second kappa shape index (κ2) is 8.22. The summed E-state index contributed by atoms with van der Waals surface area (Å²) in [5.41, 5.74) is 3.19. The third-order valence-electron chi connectivity index (χ3n) is 3.92. The number of nitrogens with zero attached hydrogens (tertiary/aromatic N) is 4. The molecule has 8 heteroatoms. The zero-order valence-corrected chi connectivity index (χ0v) is 15.0. The molecule has 1 heterocycles. The summed E-state index contributed by atoms with van der Waals surface area (Å²) >= 11 is 0. The van der Waals surface area contributed by atoms with Gasteiger partial charge in [-0.3, -0.25) is 9.59 Å². The molecule has 3 rings (SSSR count). The Morgan fingerprint density at radius 3 is 2.63 bits per heavy atom. The van der Waals surface area contributed by atoms with Crippen molar-refractivity contribution in [3.05, 3.63) is 71.5 Å². The molecule has 0 spiro atoms. The Kier molecular flexibility index (Phi) is 5.55. The zero-order chi connectivity index (χ0) is 19.2. The van der Waals surface area contributed by atoms with Crippen molar-refractivity contribution in [2.75, 3.05) is 5.32 Å². The Hall–Kier alpha value is -3.55. The number of carbonyl (C=O) groups excluding carboxylic acids is 2. The highest BCUT2D eigenvalue weighted by Crippen LogP contribution is 2.22. The van der Waals surface area contributed by atoms with Gasteiger partial charge in [0.05, 0.1) is 0 Å². The van der Waals surface area contributed by atoms with Crippen LogP contribution in [0.5, 0.6) is 0 Å². The SMILES string of the molecule is Cc1ccc(C)c(NC(=O)[C@@H](OC(=O)Cn2cnnn2)c2ccccc2)c1. The van der Waals surface area contributed by atoms with Crippen LogP contribution < -0.4 is 5.32 Å². The Bertz CT molecular complexity index is 926. The molecule has 0 aliphatic heterocycles. The minimum atomic E-state index is -1.09. The molecular weight excluding hydrogens is 346 g/mol. The topological polar surface area (TPSA) is 99.0 Å². The second-order valence-electron chi connectivity index (χ2n) is 6.10. The summed E-state index contributed by atoms with van der Waals surface area (Å²) in [5.74, 6) is -1.05. The van der Waals surface area contributed by atoms with Gasteiger partial charge in [-0.2, -0.15) is 0 Å². The molecule has 0 saturated carbocycles. The monoisotopic (exact) mass is 365 g/mol. The summed E-state index contributed by atoms with van der Waals surface area (Å²) in [6.07, 6.45) is 0.213. The quantitative estimate of drug-likeness (QED) is 0.673. The molecular formula is C19H19N5O3. The van der Waals surface area contributed by atoms with Crippen LogP contribution in [0, 0.1) is 13.8 Å². The minimum Gasteiger partial charge on any atom is -0.446 e. The first-order chi connectivity index (χ1) is 13.0. The number of esters is 1. The van der Waals surface area contributed by atoms with Crippen molar-refractivity contribution in [3.63, 3.8) is 0 Å². The van der Waals surface area contributed by atoms with Gasteiger partial charge in [-0.15, -0.1) is 5.10 Å². The van der Waals surface area contributed by atoms with Crippen LogP contribution in [-0.4, -0.2) is 32.1 Å². The lowest BCUT2D eigenvalue weighted by Crippen LogP contribution is -2.27. The van der Waals surface area contributed by atoms with Crippen molar-refractivity contribution in [2.24, 2.45) is 0 Å². The number of hydrogen-bond donors (Lipinski definition) is 1. The van der Waals surface area contributed by atoms with Crippen LogP contribution in [-0.2, 0) is 20.9 Å². The molecule has 2 aromatic carbocycles. The van der Waals surface area contributed by atoms with Crippen molar-refractivity contribution in [1.29, 1.82) is 0 Å². The van der Waals surface area contributed by atoms with Crippen molar-refractivity contribution < 1.29 is 14.3 Å². The lowest BCUT2D eigenvalue weighted by molar-refractivity contribution is -0.155. The predicted octanol–water partition coefficient (Wildman–Crippen LogP) is 2.21. The third-order valence-corrected chi connectivity index (χ3v) is 3.92. The number of aromatic nitrogens is 4. The summed E-state index contributed by atoms with van der Waals surface area (Å²) in [6.45, 7) is 3.65. The van der Waals surface area contributed by atoms with Crippen LogP contribution in [0.3, 0.4) is 0 Å². The summed E-state index contributed by atoms with van der Waals surface area (Å²) in [4.78, 5) is 25.1. The van der Waals surface area contributed by atoms with Gasteiger partial charge in [-0.05, 0) is 41.5 Å². The molecule has 1 N–H and O–H groups in total. The van der Waals surface area contributed by atoms with E-state index in [0.29, 0.717) is 11.3 Å². The number of nitrogens with one attached hydrogen (secondary N) is 1. The molecule has 0 fully saturated rings. The van der Waals surface area contributed by atoms with Gasteiger partial charge in [0.2, 0.25) is 6.10 Å². The molecule has 138 valence electrons. The van der Waals surface area contributed by atoms with Crippen molar-refractivity contribution in [2.45, 2.75) is 26.5 Å². The smallest absolute Gasteiger partial charge is 0.329 e. The van der Waals surface area contributed by atoms with Gasteiger partial charge in [-0.25, -0.2) is 4.68 Å². The van der Waals surface area contributed by atoms with E-state index in [1.54, 1.807) is 24.3 Å². The fourth-order valence-corrected chi connectivity index (χ4v) is 2.52. The van der Waals surface area contributed by atoms with Gasteiger partial charge in [0.25, 0.3) is 5.91 Å². The summed E-state index contributed by atoms with van der Waals surface area (Å²) in [6, 6.07) is 14.6. The van der Waals surface area contributed by atoms with Gasteiger partial charge in [0.15, 0.2) is 0 Å². The second-order valence-corrected chi connectivity index (χ2v) is 6.10. The molecule has 0 aliphatic rings. The Balaban J connectivity index is 1.80. The standard InChI is InChI=1S/C19H19N5O3/c1-13-8-9-14(2)16(10-13)21-19(26)18(15-6-4-3-5-7-15)27-17(25)11-24-12-20-22-23-24/h3-10,12,18H,11H2,1-2H3,(H,21,26)/t18-/m0/s1. The van der Waals surface area contributed by atoms with E-state index in [1.165, 1.54) is 11.0 Å². The Morgan fingerprint density at radius 1 is 1.15 bits per heavy atom. The maximum absolute atomic E-state index is 12.9. The molecule has 0 radical (unpaired) electrons. The molecule has 27 heavy (non-hydrogen) atoms. The molecule has 0 bridgehead atoms. The fourth-order valence-electron chi connectivity index (χ4n) is 2.52. The maximum atomic E-state index is 12.9. The van der Waals surface area contributed by atoms with E-state index in [-0.39, 0.29) is 6.54 Å². The van der Waals surface area contributed by atoms with E-state index >= 15 is 0 Å². The predicted molar refractivity (Wildman–Crippen MR) is 97.6 cm³/mol. The minimum absolute atomic E-state index is 0.187. The average molecular weight is 365 g/mol. The summed E-state index contributed by atoms with van der Waals surface area (Å²) in [7, 11) is 0. The Morgan fingerprint density at radius 2 is 1.93 bits per heavy atom. The number of tetrazole rings is 1. The average Bonchev–Trinajstić information content (AvgIpc) is 3.16. The van der Waals surface area contributed by atoms with E-state index in [4.69, 9.17) is 4.74 Å². The number of rotatable bonds is 6. The van der Waals surface area contributed by atoms with Crippen molar-refractivity contribution >= 4 is 17.6 Å². The summed E-state index contributed by atoms with van der Waals surface area (Å²) in [5, 5.41) is 13.4. The zero-order valence-electron chi connectivity index (χ0n) is 15.0. The van der Waals surface area contributed by atoms with Gasteiger partial charge in [-0.1, -0.05) is 42.5 Å². The van der Waals surface area contributed by atoms with E-state index < -0.39 is 18.0 Å². The highest BCUT2D eigenvalue weighted by molar-refractivity contribution is 5.96. The number of benzene rings is 2. The van der Waals surface area contributed by atoms with E-state index in [1.807, 2.05) is 38.1 Å². The molecule has 0 unspecified atom stereocenters. The van der Waals surface area contributed by atoms with Crippen LogP contribution in [0.1, 0.15) is 22.8 Å². The van der Waals surface area contributed by atoms with E-state index in [2.05, 4.69) is 20.8 Å². The first-order valence-corrected chi connectivity index (χ1v) is 8.36. The van der Waals surface area contributed by atoms with Gasteiger partial charge < -0.3 is 10.1 Å². The van der Waals surface area contributed by atoms with Crippen LogP contribution in [0.25, 0.3) is 0 Å². The first-order valence-electron chi connectivity index (χ1n) is 8.36. The van der Waals surface area contributed by atoms with Crippen LogP contribution in [0.2, 0.25) is 0 Å². The molecule has 3 aromatic rings. The van der Waals surface area contributed by atoms with Crippen LogP contribution >= 0.6 is 0 Å². The van der Waals surface area contributed by atoms with E-state index in [0.717, 1.165) is 11.1 Å². The van der Waals surface area contributed by atoms with Gasteiger partial charge in [0.1, 0.15) is 12.9 Å². The largest absolute Gasteiger partial charge is 0.446 e. The number of aryl methyl sites for hydroxylation is 2. The third kappa shape index (κ3) is 4.75. The normalized spacial score (nSPS) is 11.6. The fraction of sp³-hybridized carbons (Fsp3) is 0.211. The van der Waals surface area contributed by atoms with E-state index in [9.17, 15) is 9.59 Å². The molecule has 1 aromatic heterocycles. The molecule has 1 amide bonds. The van der Waals surface area contributed by atoms with Crippen molar-refractivity contribution in [3.8, 4) is 0 Å². The van der Waals surface area contributed by atoms with Gasteiger partial charge in [0, 0.05) is 11.3 Å². The molecule has 1 atom stereocenters. The number of amides is 1. The number of ether oxygens (including phenoxy) is 1. The number of anilines is 1.